The molecule has 3 rings (SSSR count). The number of carbonyl (C=O) groups is 1. The van der Waals surface area contributed by atoms with E-state index in [4.69, 9.17) is 0 Å². The molecule has 0 aliphatic carbocycles. The third-order valence-electron chi connectivity index (χ3n) is 3.28. The number of hydrogen-bond acceptors (Lipinski definition) is 6. The van der Waals surface area contributed by atoms with Crippen LogP contribution >= 0.6 is 0 Å². The first-order chi connectivity index (χ1) is 12.8. The van der Waals surface area contributed by atoms with Crippen molar-refractivity contribution >= 4 is 24.0 Å². The smallest absolute Gasteiger partial charge is 0.271 e. The van der Waals surface area contributed by atoms with Crippen molar-refractivity contribution in [3.8, 4) is 0 Å². The Bertz CT molecular complexity index is 892. The fraction of sp³-hybridized carbons (Fsp3) is 0. The maximum Gasteiger partial charge on any atom is 0.271 e. The van der Waals surface area contributed by atoms with E-state index >= 15 is 0 Å². The average molecular weight is 344 g/mol. The van der Waals surface area contributed by atoms with Crippen LogP contribution in [-0.4, -0.2) is 28.3 Å². The van der Waals surface area contributed by atoms with Gasteiger partial charge in [0.05, 0.1) is 29.5 Å². The van der Waals surface area contributed by atoms with Gasteiger partial charge in [-0.15, -0.1) is 0 Å². The molecular weight excluding hydrogens is 328 g/mol. The van der Waals surface area contributed by atoms with E-state index in [1.54, 1.807) is 48.9 Å². The molecule has 0 saturated carbocycles. The number of rotatable bonds is 6. The van der Waals surface area contributed by atoms with Crippen molar-refractivity contribution in [1.82, 2.24) is 15.4 Å². The van der Waals surface area contributed by atoms with Crippen LogP contribution in [0.2, 0.25) is 0 Å². The summed E-state index contributed by atoms with van der Waals surface area (Å²) in [6.07, 6.45) is 6.46. The van der Waals surface area contributed by atoms with E-state index in [1.165, 1.54) is 6.21 Å². The van der Waals surface area contributed by atoms with Crippen molar-refractivity contribution in [3.05, 3.63) is 90.0 Å². The van der Waals surface area contributed by atoms with Crippen LogP contribution in [0.3, 0.4) is 0 Å². The second-order valence-electron chi connectivity index (χ2n) is 5.16. The van der Waals surface area contributed by atoms with Crippen molar-refractivity contribution in [2.24, 2.45) is 10.2 Å². The molecule has 0 bridgehead atoms. The molecule has 2 N–H and O–H groups in total. The first-order valence-corrected chi connectivity index (χ1v) is 7.86. The van der Waals surface area contributed by atoms with E-state index in [1.807, 2.05) is 30.3 Å². The molecule has 26 heavy (non-hydrogen) atoms. The van der Waals surface area contributed by atoms with E-state index in [0.29, 0.717) is 11.3 Å². The minimum atomic E-state index is -0.305. The lowest BCUT2D eigenvalue weighted by Gasteiger charge is -2.02. The normalized spacial score (nSPS) is 10.9. The zero-order chi connectivity index (χ0) is 18.0. The number of benzene rings is 1. The van der Waals surface area contributed by atoms with E-state index in [0.717, 1.165) is 11.4 Å². The lowest BCUT2D eigenvalue weighted by Crippen LogP contribution is -2.17. The number of anilines is 1. The Balaban J connectivity index is 1.52. The lowest BCUT2D eigenvalue weighted by atomic mass is 10.2. The largest absolute Gasteiger partial charge is 0.278 e. The van der Waals surface area contributed by atoms with Crippen LogP contribution in [0, 0.1) is 0 Å². The first-order valence-electron chi connectivity index (χ1n) is 7.86. The molecule has 0 saturated heterocycles. The highest BCUT2D eigenvalue weighted by Crippen LogP contribution is 2.09. The summed E-state index contributed by atoms with van der Waals surface area (Å²) in [5, 5.41) is 7.99. The van der Waals surface area contributed by atoms with E-state index in [2.05, 4.69) is 31.0 Å². The van der Waals surface area contributed by atoms with Gasteiger partial charge in [0.25, 0.3) is 5.91 Å². The summed E-state index contributed by atoms with van der Waals surface area (Å²) in [6.45, 7) is 0. The molecule has 1 amide bonds. The van der Waals surface area contributed by atoms with Crippen LogP contribution in [0.25, 0.3) is 0 Å². The fourth-order valence-corrected chi connectivity index (χ4v) is 2.00. The molecule has 2 aromatic heterocycles. The molecule has 128 valence electrons. The molecule has 0 atom stereocenters. The molecule has 0 unspecified atom stereocenters. The summed E-state index contributed by atoms with van der Waals surface area (Å²) in [5.41, 5.74) is 8.01. The van der Waals surface area contributed by atoms with Gasteiger partial charge in [-0.05, 0) is 48.5 Å². The fourth-order valence-electron chi connectivity index (χ4n) is 2.00. The number of carbonyl (C=O) groups excluding carboxylic acids is 1. The van der Waals surface area contributed by atoms with Crippen molar-refractivity contribution < 1.29 is 4.79 Å². The zero-order valence-electron chi connectivity index (χ0n) is 13.8. The Morgan fingerprint density at radius 2 is 1.42 bits per heavy atom. The third-order valence-corrected chi connectivity index (χ3v) is 3.28. The van der Waals surface area contributed by atoms with Gasteiger partial charge in [0.2, 0.25) is 0 Å². The van der Waals surface area contributed by atoms with Gasteiger partial charge in [0, 0.05) is 18.0 Å². The number of amides is 1. The SMILES string of the molecule is O=C(N/N=C\c1ccccn1)c1ccc(N/N=C\c2ccccn2)cc1. The molecular formula is C19H16N6O. The maximum atomic E-state index is 12.0. The molecule has 0 fully saturated rings. The highest BCUT2D eigenvalue weighted by molar-refractivity contribution is 5.95. The van der Waals surface area contributed by atoms with Crippen molar-refractivity contribution in [2.45, 2.75) is 0 Å². The standard InChI is InChI=1S/C19H16N6O/c26-19(25-23-14-18-6-2-4-12-21-18)15-7-9-16(10-8-15)24-22-13-17-5-1-3-11-20-17/h1-14,24H,(H,25,26)/b22-13-,23-14-. The molecule has 0 radical (unpaired) electrons. The van der Waals surface area contributed by atoms with Gasteiger partial charge >= 0.3 is 0 Å². The number of hydrogen-bond donors (Lipinski definition) is 2. The highest BCUT2D eigenvalue weighted by Gasteiger charge is 2.03. The van der Waals surface area contributed by atoms with Gasteiger partial charge in [-0.1, -0.05) is 12.1 Å². The molecule has 3 aromatic rings. The van der Waals surface area contributed by atoms with Crippen molar-refractivity contribution in [2.75, 3.05) is 5.43 Å². The minimum Gasteiger partial charge on any atom is -0.278 e. The van der Waals surface area contributed by atoms with Crippen molar-refractivity contribution in [3.63, 3.8) is 0 Å². The molecule has 2 heterocycles. The summed E-state index contributed by atoms with van der Waals surface area (Å²) >= 11 is 0. The quantitative estimate of drug-likeness (QED) is 0.531. The van der Waals surface area contributed by atoms with E-state index < -0.39 is 0 Å². The van der Waals surface area contributed by atoms with Gasteiger partial charge in [-0.25, -0.2) is 5.43 Å². The van der Waals surface area contributed by atoms with E-state index in [-0.39, 0.29) is 5.91 Å². The predicted molar refractivity (Wildman–Crippen MR) is 101 cm³/mol. The topological polar surface area (TPSA) is 91.6 Å². The Kier molecular flexibility index (Phi) is 5.77. The molecule has 7 nitrogen and oxygen atoms in total. The second-order valence-corrected chi connectivity index (χ2v) is 5.16. The predicted octanol–water partition coefficient (Wildman–Crippen LogP) is 2.69. The summed E-state index contributed by atoms with van der Waals surface area (Å²) in [7, 11) is 0. The Hall–Kier alpha value is -3.87. The van der Waals surface area contributed by atoms with E-state index in [9.17, 15) is 4.79 Å². The zero-order valence-corrected chi connectivity index (χ0v) is 13.8. The number of nitrogens with one attached hydrogen (secondary N) is 2. The Morgan fingerprint density at radius 3 is 2.00 bits per heavy atom. The monoisotopic (exact) mass is 344 g/mol. The maximum absolute atomic E-state index is 12.0. The summed E-state index contributed by atoms with van der Waals surface area (Å²) in [6, 6.07) is 17.9. The van der Waals surface area contributed by atoms with Gasteiger partial charge in [0.1, 0.15) is 0 Å². The third kappa shape index (κ3) is 5.07. The minimum absolute atomic E-state index is 0.305. The second kappa shape index (κ2) is 8.84. The van der Waals surface area contributed by atoms with Crippen LogP contribution in [-0.2, 0) is 0 Å². The molecule has 1 aromatic carbocycles. The summed E-state index contributed by atoms with van der Waals surface area (Å²) < 4.78 is 0. The van der Waals surface area contributed by atoms with Crippen LogP contribution in [0.1, 0.15) is 21.7 Å². The van der Waals surface area contributed by atoms with Gasteiger partial charge in [-0.3, -0.25) is 20.2 Å². The van der Waals surface area contributed by atoms with Gasteiger partial charge < -0.3 is 0 Å². The average Bonchev–Trinajstić information content (AvgIpc) is 2.70. The number of aromatic nitrogens is 2. The van der Waals surface area contributed by atoms with Crippen LogP contribution < -0.4 is 10.9 Å². The van der Waals surface area contributed by atoms with Crippen LogP contribution in [0.4, 0.5) is 5.69 Å². The molecule has 7 heteroatoms. The lowest BCUT2D eigenvalue weighted by molar-refractivity contribution is 0.0955. The molecule has 0 spiro atoms. The van der Waals surface area contributed by atoms with Gasteiger partial charge in [-0.2, -0.15) is 10.2 Å². The molecule has 0 aliphatic rings. The number of hydrazone groups is 2. The van der Waals surface area contributed by atoms with Gasteiger partial charge in [0.15, 0.2) is 0 Å². The molecule has 0 aliphatic heterocycles. The Labute approximate surface area is 150 Å². The van der Waals surface area contributed by atoms with Crippen LogP contribution in [0.15, 0.2) is 83.3 Å². The summed E-state index contributed by atoms with van der Waals surface area (Å²) in [4.78, 5) is 20.3. The Morgan fingerprint density at radius 1 is 0.808 bits per heavy atom. The van der Waals surface area contributed by atoms with Crippen LogP contribution in [0.5, 0.6) is 0 Å². The van der Waals surface area contributed by atoms with Crippen molar-refractivity contribution in [1.29, 1.82) is 0 Å². The number of nitrogens with zero attached hydrogens (tertiary/aromatic N) is 4. The highest BCUT2D eigenvalue weighted by atomic mass is 16.2. The number of pyridine rings is 2. The summed E-state index contributed by atoms with van der Waals surface area (Å²) in [5.74, 6) is -0.305. The first kappa shape index (κ1) is 17.0.